The molecule has 0 aliphatic rings. The second-order valence-corrected chi connectivity index (χ2v) is 8.07. The van der Waals surface area contributed by atoms with E-state index >= 15 is 0 Å². The number of rotatable bonds is 9. The van der Waals surface area contributed by atoms with Crippen molar-refractivity contribution in [3.63, 3.8) is 0 Å². The maximum atomic E-state index is 13.3. The van der Waals surface area contributed by atoms with Gasteiger partial charge in [-0.3, -0.25) is 4.79 Å². The summed E-state index contributed by atoms with van der Waals surface area (Å²) in [6, 6.07) is 13.0. The zero-order chi connectivity index (χ0) is 20.8. The van der Waals surface area contributed by atoms with Crippen LogP contribution in [-0.4, -0.2) is 26.9 Å². The van der Waals surface area contributed by atoms with Gasteiger partial charge < -0.3 is 9.47 Å². The molecule has 0 bridgehead atoms. The molecule has 3 rings (SSSR count). The molecule has 0 spiro atoms. The highest BCUT2D eigenvalue weighted by atomic mass is 35.5. The fraction of sp³-hybridized carbons (Fsp3) is 0.391. The van der Waals surface area contributed by atoms with Crippen molar-refractivity contribution in [2.24, 2.45) is 0 Å². The topological polar surface area (TPSA) is 38.1 Å². The quantitative estimate of drug-likeness (QED) is 0.358. The molecule has 0 saturated carbocycles. The monoisotopic (exact) mass is 431 g/mol. The summed E-state index contributed by atoms with van der Waals surface area (Å²) in [6.45, 7) is 6.24. The highest BCUT2D eigenvalue weighted by molar-refractivity contribution is 6.33. The van der Waals surface area contributed by atoms with Crippen LogP contribution in [0.1, 0.15) is 55.7 Å². The van der Waals surface area contributed by atoms with Crippen molar-refractivity contribution in [3.05, 3.63) is 63.9 Å². The van der Waals surface area contributed by atoms with Crippen LogP contribution in [-0.2, 0) is 13.1 Å². The number of benzene rings is 2. The summed E-state index contributed by atoms with van der Waals surface area (Å²) in [5.41, 5.74) is 2.44. The zero-order valence-electron chi connectivity index (χ0n) is 17.0. The molecule has 0 radical (unpaired) electrons. The van der Waals surface area contributed by atoms with Crippen LogP contribution < -0.4 is 0 Å². The standard InChI is InChI=1S/C23H27Cl2N3O/c1-3-5-8-14-27(23(29)18-9-6-7-10-19(18)25)16-22-26-20-12-11-17(24)15-21(20)28(22)13-4-2/h6-7,9-12,15H,3-5,8,13-14,16H2,1-2H3. The van der Waals surface area contributed by atoms with Crippen LogP contribution in [0.3, 0.4) is 0 Å². The van der Waals surface area contributed by atoms with Crippen molar-refractivity contribution in [1.29, 1.82) is 0 Å². The van der Waals surface area contributed by atoms with Gasteiger partial charge in [0.2, 0.25) is 0 Å². The largest absolute Gasteiger partial charge is 0.331 e. The summed E-state index contributed by atoms with van der Waals surface area (Å²) in [4.78, 5) is 20.0. The van der Waals surface area contributed by atoms with Gasteiger partial charge >= 0.3 is 0 Å². The lowest BCUT2D eigenvalue weighted by atomic mass is 10.1. The molecule has 0 N–H and O–H groups in total. The molecule has 0 fully saturated rings. The van der Waals surface area contributed by atoms with Gasteiger partial charge in [0.05, 0.1) is 28.2 Å². The molecular weight excluding hydrogens is 405 g/mol. The first-order chi connectivity index (χ1) is 14.0. The first-order valence-electron chi connectivity index (χ1n) is 10.2. The van der Waals surface area contributed by atoms with Crippen LogP contribution >= 0.6 is 23.2 Å². The number of hydrogen-bond donors (Lipinski definition) is 0. The molecule has 0 saturated heterocycles. The Labute approximate surface area is 182 Å². The van der Waals surface area contributed by atoms with E-state index < -0.39 is 0 Å². The van der Waals surface area contributed by atoms with Crippen LogP contribution in [0.15, 0.2) is 42.5 Å². The highest BCUT2D eigenvalue weighted by Gasteiger charge is 2.21. The first-order valence-corrected chi connectivity index (χ1v) is 11.0. The maximum absolute atomic E-state index is 13.3. The van der Waals surface area contributed by atoms with Crippen LogP contribution in [0.5, 0.6) is 0 Å². The average Bonchev–Trinajstić information content (AvgIpc) is 3.04. The van der Waals surface area contributed by atoms with Gasteiger partial charge in [0, 0.05) is 18.1 Å². The predicted octanol–water partition coefficient (Wildman–Crippen LogP) is 6.59. The van der Waals surface area contributed by atoms with Gasteiger partial charge in [-0.1, -0.05) is 62.0 Å². The molecule has 2 aromatic carbocycles. The van der Waals surface area contributed by atoms with E-state index in [2.05, 4.69) is 18.4 Å². The lowest BCUT2D eigenvalue weighted by Crippen LogP contribution is -2.33. The smallest absolute Gasteiger partial charge is 0.255 e. The molecule has 6 heteroatoms. The van der Waals surface area contributed by atoms with Crippen molar-refractivity contribution >= 4 is 40.1 Å². The highest BCUT2D eigenvalue weighted by Crippen LogP contribution is 2.24. The summed E-state index contributed by atoms with van der Waals surface area (Å²) in [6.07, 6.45) is 4.10. The fourth-order valence-electron chi connectivity index (χ4n) is 3.52. The first kappa shape index (κ1) is 21.7. The number of aromatic nitrogens is 2. The molecule has 0 atom stereocenters. The minimum absolute atomic E-state index is 0.0557. The van der Waals surface area contributed by atoms with E-state index in [1.807, 2.05) is 35.2 Å². The fourth-order valence-corrected chi connectivity index (χ4v) is 3.90. The molecule has 1 heterocycles. The van der Waals surface area contributed by atoms with Gasteiger partial charge in [-0.05, 0) is 43.2 Å². The number of imidazole rings is 1. The molecule has 29 heavy (non-hydrogen) atoms. The van der Waals surface area contributed by atoms with Crippen molar-refractivity contribution in [1.82, 2.24) is 14.5 Å². The SMILES string of the molecule is CCCCCN(Cc1nc2ccc(Cl)cc2n1CCC)C(=O)c1ccccc1Cl. The molecule has 3 aromatic rings. The third kappa shape index (κ3) is 5.12. The number of halogens is 2. The summed E-state index contributed by atoms with van der Waals surface area (Å²) >= 11 is 12.5. The minimum Gasteiger partial charge on any atom is -0.331 e. The van der Waals surface area contributed by atoms with E-state index in [0.29, 0.717) is 28.7 Å². The van der Waals surface area contributed by atoms with Crippen LogP contribution in [0.2, 0.25) is 10.0 Å². The second kappa shape index (κ2) is 10.1. The van der Waals surface area contributed by atoms with E-state index in [1.165, 1.54) is 0 Å². The molecule has 1 aromatic heterocycles. The number of carbonyl (C=O) groups excluding carboxylic acids is 1. The number of hydrogen-bond acceptors (Lipinski definition) is 2. The van der Waals surface area contributed by atoms with E-state index in [-0.39, 0.29) is 5.91 Å². The molecule has 1 amide bonds. The Morgan fingerprint density at radius 2 is 1.86 bits per heavy atom. The third-order valence-corrected chi connectivity index (χ3v) is 5.56. The summed E-state index contributed by atoms with van der Waals surface area (Å²) in [7, 11) is 0. The molecule has 0 aliphatic carbocycles. The number of aryl methyl sites for hydroxylation is 1. The van der Waals surface area contributed by atoms with Gasteiger partial charge in [0.25, 0.3) is 5.91 Å². The second-order valence-electron chi connectivity index (χ2n) is 7.23. The molecule has 154 valence electrons. The van der Waals surface area contributed by atoms with E-state index in [9.17, 15) is 4.79 Å². The zero-order valence-corrected chi connectivity index (χ0v) is 18.5. The number of carbonyl (C=O) groups is 1. The Balaban J connectivity index is 1.96. The van der Waals surface area contributed by atoms with E-state index in [1.54, 1.807) is 12.1 Å². The molecule has 0 aliphatic heterocycles. The summed E-state index contributed by atoms with van der Waals surface area (Å²) < 4.78 is 2.17. The Morgan fingerprint density at radius 1 is 1.07 bits per heavy atom. The third-order valence-electron chi connectivity index (χ3n) is 4.99. The Bertz CT molecular complexity index is 983. The van der Waals surface area contributed by atoms with Crippen LogP contribution in [0.25, 0.3) is 11.0 Å². The summed E-state index contributed by atoms with van der Waals surface area (Å²) in [5.74, 6) is 0.820. The lowest BCUT2D eigenvalue weighted by molar-refractivity contribution is 0.0734. The molecule has 4 nitrogen and oxygen atoms in total. The van der Waals surface area contributed by atoms with E-state index in [0.717, 1.165) is 49.1 Å². The predicted molar refractivity (Wildman–Crippen MR) is 121 cm³/mol. The Morgan fingerprint density at radius 3 is 2.59 bits per heavy atom. The van der Waals surface area contributed by atoms with Gasteiger partial charge in [0.15, 0.2) is 0 Å². The normalized spacial score (nSPS) is 11.2. The number of unbranched alkanes of at least 4 members (excludes halogenated alkanes) is 2. The van der Waals surface area contributed by atoms with Crippen LogP contribution in [0, 0.1) is 0 Å². The molecule has 0 unspecified atom stereocenters. The number of nitrogens with zero attached hydrogens (tertiary/aromatic N) is 3. The van der Waals surface area contributed by atoms with Crippen molar-refractivity contribution in [2.75, 3.05) is 6.54 Å². The van der Waals surface area contributed by atoms with E-state index in [4.69, 9.17) is 28.2 Å². The number of amides is 1. The van der Waals surface area contributed by atoms with Gasteiger partial charge in [-0.2, -0.15) is 0 Å². The summed E-state index contributed by atoms with van der Waals surface area (Å²) in [5, 5.41) is 1.17. The Kier molecular flexibility index (Phi) is 7.57. The lowest BCUT2D eigenvalue weighted by Gasteiger charge is -2.23. The van der Waals surface area contributed by atoms with Crippen LogP contribution in [0.4, 0.5) is 0 Å². The Hall–Kier alpha value is -2.04. The van der Waals surface area contributed by atoms with Crippen molar-refractivity contribution < 1.29 is 4.79 Å². The van der Waals surface area contributed by atoms with Gasteiger partial charge in [0.1, 0.15) is 5.82 Å². The van der Waals surface area contributed by atoms with Crippen molar-refractivity contribution in [2.45, 2.75) is 52.6 Å². The number of fused-ring (bicyclic) bond motifs is 1. The maximum Gasteiger partial charge on any atom is 0.255 e. The average molecular weight is 432 g/mol. The minimum atomic E-state index is -0.0557. The molecular formula is C23H27Cl2N3O. The van der Waals surface area contributed by atoms with Gasteiger partial charge in [-0.25, -0.2) is 4.98 Å². The van der Waals surface area contributed by atoms with Gasteiger partial charge in [-0.15, -0.1) is 0 Å². The van der Waals surface area contributed by atoms with Crippen molar-refractivity contribution in [3.8, 4) is 0 Å².